The number of amides is 3. The highest BCUT2D eigenvalue weighted by Gasteiger charge is 2.29. The Balaban J connectivity index is 1.40. The molecule has 33 heavy (non-hydrogen) atoms. The minimum absolute atomic E-state index is 0.00444. The molecule has 0 aliphatic carbocycles. The number of carbonyl (C=O) groups excluding carboxylic acids is 3. The summed E-state index contributed by atoms with van der Waals surface area (Å²) >= 11 is 0. The van der Waals surface area contributed by atoms with Crippen LogP contribution in [0, 0.1) is 6.92 Å². The number of carbonyl (C=O) groups is 3. The number of benzene rings is 2. The molecule has 2 aromatic carbocycles. The Morgan fingerprint density at radius 2 is 1.67 bits per heavy atom. The van der Waals surface area contributed by atoms with Crippen LogP contribution in [0.3, 0.4) is 0 Å². The molecule has 2 aliphatic heterocycles. The molecule has 2 aliphatic rings. The van der Waals surface area contributed by atoms with Gasteiger partial charge in [-0.3, -0.25) is 14.4 Å². The zero-order chi connectivity index (χ0) is 23.2. The third-order valence-electron chi connectivity index (χ3n) is 6.66. The lowest BCUT2D eigenvalue weighted by molar-refractivity contribution is -0.137. The number of nitrogens with zero attached hydrogens (tertiary/aromatic N) is 2. The Morgan fingerprint density at radius 1 is 0.879 bits per heavy atom. The topological polar surface area (TPSA) is 69.7 Å². The first kappa shape index (κ1) is 23.0. The van der Waals surface area contributed by atoms with E-state index in [1.807, 2.05) is 48.2 Å². The number of hydrogen-bond donors (Lipinski definition) is 1. The van der Waals surface area contributed by atoms with Crippen LogP contribution in [-0.4, -0.2) is 53.2 Å². The Bertz CT molecular complexity index is 1020. The molecule has 1 N–H and O–H groups in total. The monoisotopic (exact) mass is 447 g/mol. The van der Waals surface area contributed by atoms with Gasteiger partial charge in [0.15, 0.2) is 0 Å². The van der Waals surface area contributed by atoms with Crippen molar-refractivity contribution in [1.82, 2.24) is 15.1 Å². The second kappa shape index (κ2) is 10.6. The summed E-state index contributed by atoms with van der Waals surface area (Å²) in [5.74, 6) is -0.204. The first-order chi connectivity index (χ1) is 16.0. The maximum atomic E-state index is 13.3. The lowest BCUT2D eigenvalue weighted by atomic mass is 9.98. The highest BCUT2D eigenvalue weighted by atomic mass is 16.2. The molecular formula is C27H33N3O3. The van der Waals surface area contributed by atoms with Gasteiger partial charge >= 0.3 is 0 Å². The van der Waals surface area contributed by atoms with E-state index in [0.717, 1.165) is 31.2 Å². The number of hydrogen-bond acceptors (Lipinski definition) is 3. The average molecular weight is 448 g/mol. The van der Waals surface area contributed by atoms with Crippen LogP contribution >= 0.6 is 0 Å². The van der Waals surface area contributed by atoms with Gasteiger partial charge in [0.2, 0.25) is 11.8 Å². The molecule has 1 atom stereocenters. The summed E-state index contributed by atoms with van der Waals surface area (Å²) in [4.78, 5) is 42.7. The van der Waals surface area contributed by atoms with Crippen LogP contribution in [0.25, 0.3) is 0 Å². The molecule has 0 radical (unpaired) electrons. The summed E-state index contributed by atoms with van der Waals surface area (Å²) in [6.07, 6.45) is 4.30. The van der Waals surface area contributed by atoms with Crippen LogP contribution in [0.1, 0.15) is 59.2 Å². The minimum atomic E-state index is -0.498. The zero-order valence-corrected chi connectivity index (χ0v) is 19.4. The van der Waals surface area contributed by atoms with Crippen LogP contribution in [-0.2, 0) is 22.6 Å². The smallest absolute Gasteiger partial charge is 0.253 e. The van der Waals surface area contributed by atoms with Gasteiger partial charge in [-0.1, -0.05) is 54.8 Å². The Kier molecular flexibility index (Phi) is 7.43. The molecule has 0 aromatic heterocycles. The second-order valence-corrected chi connectivity index (χ2v) is 9.16. The molecule has 1 unspecified atom stereocenters. The van der Waals surface area contributed by atoms with Crippen LogP contribution in [0.2, 0.25) is 0 Å². The molecular weight excluding hydrogens is 414 g/mol. The molecule has 6 nitrogen and oxygen atoms in total. The first-order valence-corrected chi connectivity index (χ1v) is 12.0. The van der Waals surface area contributed by atoms with Crippen molar-refractivity contribution in [2.75, 3.05) is 19.6 Å². The molecule has 2 heterocycles. The largest absolute Gasteiger partial charge is 0.344 e. The van der Waals surface area contributed by atoms with Gasteiger partial charge in [-0.05, 0) is 49.4 Å². The number of nitrogens with one attached hydrogen (secondary N) is 1. The van der Waals surface area contributed by atoms with Crippen LogP contribution in [0.15, 0.2) is 48.5 Å². The predicted octanol–water partition coefficient (Wildman–Crippen LogP) is 3.47. The number of fused-ring (bicyclic) bond motifs is 1. The van der Waals surface area contributed by atoms with Gasteiger partial charge in [-0.2, -0.15) is 0 Å². The minimum Gasteiger partial charge on any atom is -0.344 e. The van der Waals surface area contributed by atoms with E-state index >= 15 is 0 Å². The molecule has 4 rings (SSSR count). The summed E-state index contributed by atoms with van der Waals surface area (Å²) < 4.78 is 0. The first-order valence-electron chi connectivity index (χ1n) is 12.0. The van der Waals surface area contributed by atoms with E-state index in [9.17, 15) is 14.4 Å². The molecule has 6 heteroatoms. The normalized spacial score (nSPS) is 19.8. The highest BCUT2D eigenvalue weighted by Crippen LogP contribution is 2.20. The fraction of sp³-hybridized carbons (Fsp3) is 0.444. The molecule has 3 amide bonds. The summed E-state index contributed by atoms with van der Waals surface area (Å²) in [6.45, 7) is 4.23. The maximum absolute atomic E-state index is 13.3. The fourth-order valence-electron chi connectivity index (χ4n) is 4.77. The molecule has 1 fully saturated rings. The third kappa shape index (κ3) is 5.81. The lowest BCUT2D eigenvalue weighted by Gasteiger charge is -2.32. The Hall–Kier alpha value is -3.15. The molecule has 1 saturated heterocycles. The van der Waals surface area contributed by atoms with E-state index in [-0.39, 0.29) is 24.1 Å². The van der Waals surface area contributed by atoms with Crippen molar-refractivity contribution >= 4 is 17.7 Å². The molecule has 2 aromatic rings. The van der Waals surface area contributed by atoms with Gasteiger partial charge in [0.25, 0.3) is 5.91 Å². The fourth-order valence-corrected chi connectivity index (χ4v) is 4.77. The van der Waals surface area contributed by atoms with E-state index in [1.54, 1.807) is 4.90 Å². The predicted molar refractivity (Wildman–Crippen MR) is 128 cm³/mol. The summed E-state index contributed by atoms with van der Waals surface area (Å²) in [6, 6.07) is 15.3. The SMILES string of the molecule is Cc1cccc(C(=O)N2CCCCCC(C(=O)N3CCc4ccccc4C3)NC(=O)CC2)c1. The Morgan fingerprint density at radius 3 is 2.48 bits per heavy atom. The van der Waals surface area contributed by atoms with Gasteiger partial charge in [0.05, 0.1) is 0 Å². The average Bonchev–Trinajstić information content (AvgIpc) is 2.87. The van der Waals surface area contributed by atoms with Crippen molar-refractivity contribution in [3.63, 3.8) is 0 Å². The van der Waals surface area contributed by atoms with Crippen molar-refractivity contribution in [1.29, 1.82) is 0 Å². The van der Waals surface area contributed by atoms with E-state index in [2.05, 4.69) is 17.4 Å². The van der Waals surface area contributed by atoms with Gasteiger partial charge < -0.3 is 15.1 Å². The third-order valence-corrected chi connectivity index (χ3v) is 6.66. The van der Waals surface area contributed by atoms with E-state index in [1.165, 1.54) is 11.1 Å². The van der Waals surface area contributed by atoms with Crippen molar-refractivity contribution in [2.45, 2.75) is 58.0 Å². The van der Waals surface area contributed by atoms with E-state index in [0.29, 0.717) is 38.2 Å². The van der Waals surface area contributed by atoms with Crippen LogP contribution in [0.5, 0.6) is 0 Å². The lowest BCUT2D eigenvalue weighted by Crippen LogP contribution is -2.50. The number of rotatable bonds is 2. The maximum Gasteiger partial charge on any atom is 0.253 e. The number of aryl methyl sites for hydroxylation is 1. The highest BCUT2D eigenvalue weighted by molar-refractivity contribution is 5.95. The molecule has 0 spiro atoms. The summed E-state index contributed by atoms with van der Waals surface area (Å²) in [7, 11) is 0. The Labute approximate surface area is 196 Å². The quantitative estimate of drug-likeness (QED) is 0.766. The van der Waals surface area contributed by atoms with Gasteiger partial charge in [0, 0.05) is 38.2 Å². The van der Waals surface area contributed by atoms with Gasteiger partial charge in [0.1, 0.15) is 6.04 Å². The van der Waals surface area contributed by atoms with Crippen molar-refractivity contribution in [3.8, 4) is 0 Å². The summed E-state index contributed by atoms with van der Waals surface area (Å²) in [5.41, 5.74) is 4.18. The van der Waals surface area contributed by atoms with Crippen molar-refractivity contribution in [2.24, 2.45) is 0 Å². The zero-order valence-electron chi connectivity index (χ0n) is 19.4. The van der Waals surface area contributed by atoms with E-state index in [4.69, 9.17) is 0 Å². The molecule has 0 bridgehead atoms. The standard InChI is InChI=1S/C27H33N3O3/c1-20-8-7-11-22(18-20)26(32)29-15-6-2-3-12-24(28-25(31)14-17-29)27(33)30-16-13-21-9-4-5-10-23(21)19-30/h4-5,7-11,18,24H,2-3,6,12-17,19H2,1H3,(H,28,31). The van der Waals surface area contributed by atoms with E-state index < -0.39 is 6.04 Å². The van der Waals surface area contributed by atoms with Crippen LogP contribution < -0.4 is 5.32 Å². The molecule has 0 saturated carbocycles. The molecule has 174 valence electrons. The summed E-state index contributed by atoms with van der Waals surface area (Å²) in [5, 5.41) is 2.98. The van der Waals surface area contributed by atoms with Gasteiger partial charge in [-0.25, -0.2) is 0 Å². The van der Waals surface area contributed by atoms with Crippen molar-refractivity contribution in [3.05, 3.63) is 70.8 Å². The van der Waals surface area contributed by atoms with Gasteiger partial charge in [-0.15, -0.1) is 0 Å². The second-order valence-electron chi connectivity index (χ2n) is 9.16. The van der Waals surface area contributed by atoms with Crippen LogP contribution in [0.4, 0.5) is 0 Å². The van der Waals surface area contributed by atoms with Crippen molar-refractivity contribution < 1.29 is 14.4 Å².